The van der Waals surface area contributed by atoms with Crippen molar-refractivity contribution in [3.63, 3.8) is 0 Å². The van der Waals surface area contributed by atoms with E-state index in [1.165, 1.54) is 11.3 Å². The zero-order chi connectivity index (χ0) is 28.2. The van der Waals surface area contributed by atoms with E-state index >= 15 is 0 Å². The van der Waals surface area contributed by atoms with Crippen molar-refractivity contribution in [3.05, 3.63) is 78.5 Å². The van der Waals surface area contributed by atoms with Gasteiger partial charge in [-0.1, -0.05) is 36.8 Å². The molecule has 1 aromatic heterocycles. The number of carbonyl (C=O) groups is 1. The molecule has 1 atom stereocenters. The topological polar surface area (TPSA) is 97.6 Å². The predicted molar refractivity (Wildman–Crippen MR) is 151 cm³/mol. The number of benzene rings is 2. The molecule has 9 nitrogen and oxygen atoms in total. The van der Waals surface area contributed by atoms with Crippen LogP contribution in [0.1, 0.15) is 57.7 Å². The molecule has 40 heavy (non-hydrogen) atoms. The summed E-state index contributed by atoms with van der Waals surface area (Å²) in [6.07, 6.45) is 3.15. The van der Waals surface area contributed by atoms with E-state index in [1.807, 2.05) is 57.2 Å². The fraction of sp³-hybridized carbons (Fsp3) is 0.367. The highest BCUT2D eigenvalue weighted by atomic mass is 32.1. The van der Waals surface area contributed by atoms with Crippen molar-refractivity contribution < 1.29 is 28.5 Å². The third-order valence-electron chi connectivity index (χ3n) is 6.47. The summed E-state index contributed by atoms with van der Waals surface area (Å²) in [5.74, 6) is 1.95. The van der Waals surface area contributed by atoms with Crippen LogP contribution in [0.15, 0.2) is 57.5 Å². The molecule has 0 unspecified atom stereocenters. The van der Waals surface area contributed by atoms with E-state index < -0.39 is 12.0 Å². The van der Waals surface area contributed by atoms with Gasteiger partial charge in [0.05, 0.1) is 41.7 Å². The largest absolute Gasteiger partial charge is 0.490 e. The Hall–Kier alpha value is -4.05. The van der Waals surface area contributed by atoms with Crippen molar-refractivity contribution in [2.45, 2.75) is 46.6 Å². The van der Waals surface area contributed by atoms with Crippen LogP contribution in [0.4, 0.5) is 0 Å². The van der Waals surface area contributed by atoms with E-state index in [0.717, 1.165) is 12.0 Å². The molecule has 3 heterocycles. The first-order chi connectivity index (χ1) is 19.5. The minimum Gasteiger partial charge on any atom is -0.490 e. The zero-order valence-electron chi connectivity index (χ0n) is 23.0. The molecule has 0 amide bonds. The van der Waals surface area contributed by atoms with E-state index in [1.54, 1.807) is 17.6 Å². The summed E-state index contributed by atoms with van der Waals surface area (Å²) in [6, 6.07) is 10.3. The van der Waals surface area contributed by atoms with Crippen LogP contribution >= 0.6 is 11.3 Å². The zero-order valence-corrected chi connectivity index (χ0v) is 23.8. The molecular formula is C30H32N2O7S. The number of allylic oxidation sites excluding steroid dienone is 1. The SMILES string of the molecule is CCCC1=C(C(=O)OCC)[C@@H](c2ccc3c(c2)OCO3)n2c(s/c(=C\c3ccc(OCC)c(OCC)c3)c2=O)=N1. The van der Waals surface area contributed by atoms with Crippen LogP contribution in [-0.2, 0) is 9.53 Å². The third-order valence-corrected chi connectivity index (χ3v) is 7.45. The summed E-state index contributed by atoms with van der Waals surface area (Å²) in [7, 11) is 0. The lowest BCUT2D eigenvalue weighted by Crippen LogP contribution is -2.40. The molecule has 0 aliphatic carbocycles. The Balaban J connectivity index is 1.70. The van der Waals surface area contributed by atoms with Gasteiger partial charge in [0.15, 0.2) is 27.8 Å². The van der Waals surface area contributed by atoms with Gasteiger partial charge >= 0.3 is 5.97 Å². The number of rotatable bonds is 10. The molecule has 2 aliphatic rings. The molecule has 0 spiro atoms. The molecular weight excluding hydrogens is 532 g/mol. The number of aromatic nitrogens is 1. The maximum absolute atomic E-state index is 14.0. The van der Waals surface area contributed by atoms with Crippen molar-refractivity contribution in [3.8, 4) is 23.0 Å². The maximum Gasteiger partial charge on any atom is 0.338 e. The van der Waals surface area contributed by atoms with Gasteiger partial charge in [0.1, 0.15) is 0 Å². The molecule has 0 bridgehead atoms. The van der Waals surface area contributed by atoms with Crippen molar-refractivity contribution in [1.82, 2.24) is 4.57 Å². The van der Waals surface area contributed by atoms with Gasteiger partial charge in [-0.25, -0.2) is 9.79 Å². The van der Waals surface area contributed by atoms with E-state index in [9.17, 15) is 9.59 Å². The lowest BCUT2D eigenvalue weighted by atomic mass is 9.94. The Morgan fingerprint density at radius 2 is 1.80 bits per heavy atom. The first-order valence-electron chi connectivity index (χ1n) is 13.5. The molecule has 0 fully saturated rings. The van der Waals surface area contributed by atoms with Gasteiger partial charge in [0.2, 0.25) is 6.79 Å². The summed E-state index contributed by atoms with van der Waals surface area (Å²) in [6.45, 7) is 8.94. The van der Waals surface area contributed by atoms with Gasteiger partial charge < -0.3 is 23.7 Å². The molecule has 0 saturated carbocycles. The Kier molecular flexibility index (Phi) is 8.25. The minimum absolute atomic E-state index is 0.120. The Morgan fingerprint density at radius 1 is 1.02 bits per heavy atom. The first kappa shape index (κ1) is 27.5. The second-order valence-electron chi connectivity index (χ2n) is 9.10. The quantitative estimate of drug-likeness (QED) is 0.342. The number of thiazole rings is 1. The van der Waals surface area contributed by atoms with Gasteiger partial charge in [-0.3, -0.25) is 9.36 Å². The van der Waals surface area contributed by atoms with E-state index in [2.05, 4.69) is 0 Å². The van der Waals surface area contributed by atoms with E-state index in [4.69, 9.17) is 28.7 Å². The van der Waals surface area contributed by atoms with E-state index in [-0.39, 0.29) is 19.0 Å². The molecule has 210 valence electrons. The molecule has 0 N–H and O–H groups in total. The average molecular weight is 565 g/mol. The van der Waals surface area contributed by atoms with Crippen molar-refractivity contribution in [2.75, 3.05) is 26.6 Å². The summed E-state index contributed by atoms with van der Waals surface area (Å²) >= 11 is 1.28. The molecule has 3 aromatic rings. The van der Waals surface area contributed by atoms with E-state index in [0.29, 0.717) is 68.8 Å². The lowest BCUT2D eigenvalue weighted by molar-refractivity contribution is -0.139. The summed E-state index contributed by atoms with van der Waals surface area (Å²) in [5.41, 5.74) is 2.23. The van der Waals surface area contributed by atoms with Gasteiger partial charge in [0.25, 0.3) is 5.56 Å². The van der Waals surface area contributed by atoms with Crippen LogP contribution in [0.3, 0.4) is 0 Å². The normalized spacial score (nSPS) is 16.0. The predicted octanol–water partition coefficient (Wildman–Crippen LogP) is 4.10. The van der Waals surface area contributed by atoms with Crippen molar-refractivity contribution in [1.29, 1.82) is 0 Å². The minimum atomic E-state index is -0.729. The second kappa shape index (κ2) is 12.0. The number of ether oxygens (including phenoxy) is 5. The van der Waals surface area contributed by atoms with Crippen LogP contribution in [0.25, 0.3) is 6.08 Å². The fourth-order valence-electron chi connectivity index (χ4n) is 4.83. The molecule has 0 saturated heterocycles. The van der Waals surface area contributed by atoms with Gasteiger partial charge in [-0.2, -0.15) is 0 Å². The van der Waals surface area contributed by atoms with Crippen molar-refractivity contribution in [2.24, 2.45) is 4.99 Å². The van der Waals surface area contributed by atoms with Gasteiger partial charge in [-0.05, 0) is 68.7 Å². The fourth-order valence-corrected chi connectivity index (χ4v) is 5.85. The highest BCUT2D eigenvalue weighted by Gasteiger charge is 2.35. The molecule has 10 heteroatoms. The van der Waals surface area contributed by atoms with Crippen LogP contribution < -0.4 is 33.8 Å². The molecule has 2 aliphatic heterocycles. The summed E-state index contributed by atoms with van der Waals surface area (Å²) in [5, 5.41) is 0. The number of hydrogen-bond acceptors (Lipinski definition) is 9. The number of fused-ring (bicyclic) bond motifs is 2. The standard InChI is InChI=1S/C30H32N2O7S/c1-5-9-20-26(29(34)37-8-4)27(19-11-13-22-24(16-19)39-17-38-22)32-28(33)25(40-30(32)31-20)15-18-10-12-21(35-6-2)23(14-18)36-7-3/h10-16,27H,5-9,17H2,1-4H3/b25-15-/t27-/m1/s1. The Bertz CT molecular complexity index is 1640. The first-order valence-corrected chi connectivity index (χ1v) is 14.3. The smallest absolute Gasteiger partial charge is 0.338 e. The monoisotopic (exact) mass is 564 g/mol. The molecule has 5 rings (SSSR count). The van der Waals surface area contributed by atoms with Crippen LogP contribution in [0.5, 0.6) is 23.0 Å². The van der Waals surface area contributed by atoms with Crippen LogP contribution in [0, 0.1) is 0 Å². The van der Waals surface area contributed by atoms with Crippen LogP contribution in [0.2, 0.25) is 0 Å². The Morgan fingerprint density at radius 3 is 2.55 bits per heavy atom. The van der Waals surface area contributed by atoms with Gasteiger partial charge in [-0.15, -0.1) is 0 Å². The third kappa shape index (κ3) is 5.23. The summed E-state index contributed by atoms with van der Waals surface area (Å²) < 4.78 is 30.1. The number of esters is 1. The van der Waals surface area contributed by atoms with Crippen molar-refractivity contribution >= 4 is 23.4 Å². The maximum atomic E-state index is 14.0. The molecule has 0 radical (unpaired) electrons. The average Bonchev–Trinajstić information content (AvgIpc) is 3.53. The summed E-state index contributed by atoms with van der Waals surface area (Å²) in [4.78, 5) is 32.7. The molecule has 2 aromatic carbocycles. The lowest BCUT2D eigenvalue weighted by Gasteiger charge is -2.25. The number of nitrogens with zero attached hydrogens (tertiary/aromatic N) is 2. The van der Waals surface area contributed by atoms with Gasteiger partial charge in [0, 0.05) is 0 Å². The second-order valence-corrected chi connectivity index (χ2v) is 10.1. The highest BCUT2D eigenvalue weighted by Crippen LogP contribution is 2.39. The van der Waals surface area contributed by atoms with Crippen LogP contribution in [-0.4, -0.2) is 37.1 Å². The Labute approximate surface area is 235 Å². The highest BCUT2D eigenvalue weighted by molar-refractivity contribution is 7.07. The number of hydrogen-bond donors (Lipinski definition) is 0. The number of carbonyl (C=O) groups excluding carboxylic acids is 1.